The zero-order valence-corrected chi connectivity index (χ0v) is 13.7. The fourth-order valence-electron chi connectivity index (χ4n) is 2.20. The van der Waals surface area contributed by atoms with Crippen LogP contribution in [-0.4, -0.2) is 18.4 Å². The van der Waals surface area contributed by atoms with Gasteiger partial charge in [0.05, 0.1) is 26.5 Å². The number of hydrogen-bond acceptors (Lipinski definition) is 3. The molecule has 3 aromatic rings. The number of benzene rings is 2. The largest absolute Gasteiger partial charge is 0.417 e. The molecule has 1 aromatic heterocycles. The lowest BCUT2D eigenvalue weighted by atomic mass is 10.2. The molecular weight excluding hydrogens is 383 g/mol. The molecule has 0 saturated carbocycles. The second-order valence-corrected chi connectivity index (χ2v) is 7.17. The van der Waals surface area contributed by atoms with E-state index < -0.39 is 32.5 Å². The predicted octanol–water partition coefficient (Wildman–Crippen LogP) is 3.33. The first-order chi connectivity index (χ1) is 11.6. The maximum absolute atomic E-state index is 12.9. The molecule has 0 unspecified atom stereocenters. The Morgan fingerprint density at radius 1 is 1.00 bits per heavy atom. The standard InChI is InChI=1S/C14H9ClF3N3O3S/c15-10-3-1-7(5-9(10)14(16,17)18)21-25(23,24)8-2-4-11-12(6-8)20-13(22)19-11/h1-6,21H,(H2,19,20,22). The van der Waals surface area contributed by atoms with Crippen molar-refractivity contribution in [2.75, 3.05) is 4.72 Å². The Hall–Kier alpha value is -2.46. The first-order valence-electron chi connectivity index (χ1n) is 6.68. The zero-order valence-electron chi connectivity index (χ0n) is 12.1. The normalized spacial score (nSPS) is 12.5. The highest BCUT2D eigenvalue weighted by Gasteiger charge is 2.33. The molecule has 0 saturated heterocycles. The maximum Gasteiger partial charge on any atom is 0.417 e. The van der Waals surface area contributed by atoms with Crippen molar-refractivity contribution < 1.29 is 21.6 Å². The number of H-pyrrole nitrogens is 2. The van der Waals surface area contributed by atoms with Crippen LogP contribution in [0.4, 0.5) is 18.9 Å². The van der Waals surface area contributed by atoms with Crippen LogP contribution in [0.5, 0.6) is 0 Å². The van der Waals surface area contributed by atoms with Crippen molar-refractivity contribution >= 4 is 38.3 Å². The minimum absolute atomic E-state index is 0.223. The number of fused-ring (bicyclic) bond motifs is 1. The number of imidazole rings is 1. The summed E-state index contributed by atoms with van der Waals surface area (Å²) in [5, 5.41) is -0.540. The van der Waals surface area contributed by atoms with Gasteiger partial charge in [0.1, 0.15) is 0 Å². The summed E-state index contributed by atoms with van der Waals surface area (Å²) in [5.41, 5.74) is -1.31. The SMILES string of the molecule is O=c1[nH]c2ccc(S(=O)(=O)Nc3ccc(Cl)c(C(F)(F)F)c3)cc2[nH]1. The van der Waals surface area contributed by atoms with Crippen LogP contribution >= 0.6 is 11.6 Å². The molecule has 3 N–H and O–H groups in total. The van der Waals surface area contributed by atoms with Crippen molar-refractivity contribution in [1.29, 1.82) is 0 Å². The molecule has 11 heteroatoms. The molecule has 0 amide bonds. The van der Waals surface area contributed by atoms with Crippen LogP contribution in [0.25, 0.3) is 11.0 Å². The Bertz CT molecular complexity index is 1120. The van der Waals surface area contributed by atoms with Crippen molar-refractivity contribution in [3.63, 3.8) is 0 Å². The Balaban J connectivity index is 1.99. The highest BCUT2D eigenvalue weighted by atomic mass is 35.5. The molecule has 0 fully saturated rings. The minimum Gasteiger partial charge on any atom is -0.306 e. The number of aromatic nitrogens is 2. The van der Waals surface area contributed by atoms with Crippen LogP contribution in [-0.2, 0) is 16.2 Å². The van der Waals surface area contributed by atoms with E-state index in [1.807, 2.05) is 0 Å². The third kappa shape index (κ3) is 3.49. The van der Waals surface area contributed by atoms with E-state index in [-0.39, 0.29) is 16.1 Å². The Kier molecular flexibility index (Phi) is 4.04. The van der Waals surface area contributed by atoms with Crippen molar-refractivity contribution in [3.05, 3.63) is 57.5 Å². The van der Waals surface area contributed by atoms with Crippen LogP contribution in [0.1, 0.15) is 5.56 Å². The fourth-order valence-corrected chi connectivity index (χ4v) is 3.50. The molecule has 0 spiro atoms. The van der Waals surface area contributed by atoms with Gasteiger partial charge in [0.15, 0.2) is 0 Å². The summed E-state index contributed by atoms with van der Waals surface area (Å²) in [6, 6.07) is 6.45. The summed E-state index contributed by atoms with van der Waals surface area (Å²) in [6.45, 7) is 0. The minimum atomic E-state index is -4.72. The van der Waals surface area contributed by atoms with Gasteiger partial charge in [0.2, 0.25) is 0 Å². The molecule has 0 atom stereocenters. The van der Waals surface area contributed by atoms with Crippen molar-refractivity contribution in [1.82, 2.24) is 9.97 Å². The molecule has 6 nitrogen and oxygen atoms in total. The van der Waals surface area contributed by atoms with Crippen LogP contribution in [0.3, 0.4) is 0 Å². The third-order valence-electron chi connectivity index (χ3n) is 3.32. The summed E-state index contributed by atoms with van der Waals surface area (Å²) in [4.78, 5) is 15.8. The summed E-state index contributed by atoms with van der Waals surface area (Å²) in [6.07, 6.45) is -4.72. The average molecular weight is 392 g/mol. The molecule has 3 rings (SSSR count). The summed E-state index contributed by atoms with van der Waals surface area (Å²) in [7, 11) is -4.17. The van der Waals surface area contributed by atoms with Crippen LogP contribution < -0.4 is 10.4 Å². The highest BCUT2D eigenvalue weighted by Crippen LogP contribution is 2.36. The molecule has 0 bridgehead atoms. The van der Waals surface area contributed by atoms with Gasteiger partial charge in [0.25, 0.3) is 10.0 Å². The summed E-state index contributed by atoms with van der Waals surface area (Å²) in [5.74, 6) is 0. The fraction of sp³-hybridized carbons (Fsp3) is 0.0714. The quantitative estimate of drug-likeness (QED) is 0.639. The van der Waals surface area contributed by atoms with Gasteiger partial charge >= 0.3 is 11.9 Å². The number of rotatable bonds is 3. The number of alkyl halides is 3. The van der Waals surface area contributed by atoms with Gasteiger partial charge in [-0.15, -0.1) is 0 Å². The first-order valence-corrected chi connectivity index (χ1v) is 8.54. The number of aromatic amines is 2. The maximum atomic E-state index is 12.9. The zero-order chi connectivity index (χ0) is 18.4. The molecule has 132 valence electrons. The van der Waals surface area contributed by atoms with Crippen LogP contribution in [0, 0.1) is 0 Å². The molecule has 2 aromatic carbocycles. The van der Waals surface area contributed by atoms with Crippen molar-refractivity contribution in [3.8, 4) is 0 Å². The molecule has 0 radical (unpaired) electrons. The van der Waals surface area contributed by atoms with Crippen molar-refractivity contribution in [2.45, 2.75) is 11.1 Å². The van der Waals surface area contributed by atoms with E-state index >= 15 is 0 Å². The van der Waals surface area contributed by atoms with E-state index in [0.717, 1.165) is 12.1 Å². The molecule has 0 aliphatic rings. The first kappa shape index (κ1) is 17.4. The van der Waals surface area contributed by atoms with E-state index in [1.165, 1.54) is 18.2 Å². The molecule has 25 heavy (non-hydrogen) atoms. The van der Waals surface area contributed by atoms with Gasteiger partial charge in [-0.3, -0.25) is 4.72 Å². The van der Waals surface area contributed by atoms with E-state index in [0.29, 0.717) is 11.6 Å². The molecule has 0 aliphatic carbocycles. The Morgan fingerprint density at radius 3 is 2.36 bits per heavy atom. The highest BCUT2D eigenvalue weighted by molar-refractivity contribution is 7.92. The monoisotopic (exact) mass is 391 g/mol. The van der Waals surface area contributed by atoms with Crippen molar-refractivity contribution in [2.24, 2.45) is 0 Å². The third-order valence-corrected chi connectivity index (χ3v) is 5.03. The van der Waals surface area contributed by atoms with E-state index in [1.54, 1.807) is 0 Å². The summed E-state index contributed by atoms with van der Waals surface area (Å²) < 4.78 is 65.4. The molecule has 0 aliphatic heterocycles. The Morgan fingerprint density at radius 2 is 1.68 bits per heavy atom. The lowest BCUT2D eigenvalue weighted by Crippen LogP contribution is -2.14. The number of sulfonamides is 1. The van der Waals surface area contributed by atoms with Gasteiger partial charge in [-0.25, -0.2) is 13.2 Å². The van der Waals surface area contributed by atoms with Gasteiger partial charge < -0.3 is 9.97 Å². The second kappa shape index (κ2) is 5.81. The second-order valence-electron chi connectivity index (χ2n) is 5.08. The van der Waals surface area contributed by atoms with Gasteiger partial charge in [0, 0.05) is 5.69 Å². The smallest absolute Gasteiger partial charge is 0.306 e. The Labute approximate surface area is 143 Å². The van der Waals surface area contributed by atoms with Crippen LogP contribution in [0.2, 0.25) is 5.02 Å². The van der Waals surface area contributed by atoms with E-state index in [2.05, 4.69) is 14.7 Å². The van der Waals surface area contributed by atoms with Gasteiger partial charge in [-0.2, -0.15) is 13.2 Å². The molecule has 1 heterocycles. The van der Waals surface area contributed by atoms with E-state index in [9.17, 15) is 26.4 Å². The van der Waals surface area contributed by atoms with E-state index in [4.69, 9.17) is 11.6 Å². The number of nitrogens with one attached hydrogen (secondary N) is 3. The predicted molar refractivity (Wildman–Crippen MR) is 86.2 cm³/mol. The lowest BCUT2D eigenvalue weighted by molar-refractivity contribution is -0.137. The summed E-state index contributed by atoms with van der Waals surface area (Å²) >= 11 is 5.50. The average Bonchev–Trinajstić information content (AvgIpc) is 2.87. The molecular formula is C14H9ClF3N3O3S. The lowest BCUT2D eigenvalue weighted by Gasteiger charge is -2.13. The number of halogens is 4. The number of anilines is 1. The van der Waals surface area contributed by atoms with Gasteiger partial charge in [-0.05, 0) is 36.4 Å². The topological polar surface area (TPSA) is 94.8 Å². The van der Waals surface area contributed by atoms with Crippen LogP contribution in [0.15, 0.2) is 46.1 Å². The van der Waals surface area contributed by atoms with Gasteiger partial charge in [-0.1, -0.05) is 11.6 Å². The number of hydrogen-bond donors (Lipinski definition) is 3.